The highest BCUT2D eigenvalue weighted by Crippen LogP contribution is 2.15. The third-order valence-corrected chi connectivity index (χ3v) is 5.95. The first kappa shape index (κ1) is 16.7. The minimum absolute atomic E-state index is 0.0871. The van der Waals surface area contributed by atoms with Crippen LogP contribution in [-0.4, -0.2) is 56.0 Å². The lowest BCUT2D eigenvalue weighted by atomic mass is 10.2. The zero-order valence-electron chi connectivity index (χ0n) is 11.6. The normalized spacial score (nSPS) is 16.8. The van der Waals surface area contributed by atoms with Crippen LogP contribution in [0.15, 0.2) is 29.2 Å². The maximum Gasteiger partial charge on any atom is 0.241 e. The van der Waals surface area contributed by atoms with Crippen LogP contribution in [0.4, 0.5) is 0 Å². The third kappa shape index (κ3) is 4.65. The molecule has 1 aromatic rings. The first-order chi connectivity index (χ1) is 10.0. The first-order valence-electron chi connectivity index (χ1n) is 6.69. The molecular formula is C13H19N3O2S3. The predicted octanol–water partition coefficient (Wildman–Crippen LogP) is 0.648. The maximum absolute atomic E-state index is 12.4. The van der Waals surface area contributed by atoms with Crippen molar-refractivity contribution in [2.45, 2.75) is 4.90 Å². The number of hydrogen-bond donors (Lipinski definition) is 2. The van der Waals surface area contributed by atoms with Gasteiger partial charge in [0.2, 0.25) is 10.0 Å². The van der Waals surface area contributed by atoms with Crippen LogP contribution in [0.2, 0.25) is 0 Å². The number of nitrogens with one attached hydrogen (secondary N) is 1. The molecule has 1 heterocycles. The van der Waals surface area contributed by atoms with Crippen LogP contribution in [0.5, 0.6) is 0 Å². The summed E-state index contributed by atoms with van der Waals surface area (Å²) in [5.41, 5.74) is 5.97. The highest BCUT2D eigenvalue weighted by atomic mass is 32.2. The molecule has 1 fully saturated rings. The lowest BCUT2D eigenvalue weighted by Gasteiger charge is -2.26. The fraction of sp³-hybridized carbons (Fsp3) is 0.462. The smallest absolute Gasteiger partial charge is 0.241 e. The maximum atomic E-state index is 12.4. The average Bonchev–Trinajstić information content (AvgIpc) is 2.48. The number of hydrogen-bond acceptors (Lipinski definition) is 5. The van der Waals surface area contributed by atoms with Crippen molar-refractivity contribution in [2.75, 3.05) is 37.7 Å². The molecule has 21 heavy (non-hydrogen) atoms. The highest BCUT2D eigenvalue weighted by molar-refractivity contribution is 7.99. The van der Waals surface area contributed by atoms with Gasteiger partial charge in [0, 0.05) is 43.2 Å². The van der Waals surface area contributed by atoms with Crippen LogP contribution in [0.3, 0.4) is 0 Å². The summed E-state index contributed by atoms with van der Waals surface area (Å²) in [5.74, 6) is 2.22. The summed E-state index contributed by atoms with van der Waals surface area (Å²) in [4.78, 5) is 2.49. The van der Waals surface area contributed by atoms with Crippen LogP contribution in [0, 0.1) is 0 Å². The Morgan fingerprint density at radius 1 is 1.33 bits per heavy atom. The van der Waals surface area contributed by atoms with Crippen molar-refractivity contribution in [3.63, 3.8) is 0 Å². The second-order valence-corrected chi connectivity index (χ2v) is 8.11. The van der Waals surface area contributed by atoms with E-state index in [0.717, 1.165) is 31.1 Å². The second-order valence-electron chi connectivity index (χ2n) is 4.71. The number of sulfonamides is 1. The summed E-state index contributed by atoms with van der Waals surface area (Å²) in [6.07, 6.45) is 0. The van der Waals surface area contributed by atoms with Crippen molar-refractivity contribution in [2.24, 2.45) is 5.73 Å². The van der Waals surface area contributed by atoms with Gasteiger partial charge in [-0.05, 0) is 6.07 Å². The molecule has 8 heteroatoms. The van der Waals surface area contributed by atoms with Gasteiger partial charge in [-0.25, -0.2) is 13.1 Å². The van der Waals surface area contributed by atoms with Gasteiger partial charge in [0.05, 0.1) is 4.90 Å². The van der Waals surface area contributed by atoms with Gasteiger partial charge in [-0.1, -0.05) is 30.4 Å². The third-order valence-electron chi connectivity index (χ3n) is 3.27. The van der Waals surface area contributed by atoms with E-state index < -0.39 is 10.0 Å². The van der Waals surface area contributed by atoms with Gasteiger partial charge in [-0.2, -0.15) is 11.8 Å². The number of rotatable bonds is 6. The van der Waals surface area contributed by atoms with Crippen molar-refractivity contribution in [3.05, 3.63) is 29.8 Å². The van der Waals surface area contributed by atoms with Crippen LogP contribution in [-0.2, 0) is 10.0 Å². The van der Waals surface area contributed by atoms with E-state index in [1.54, 1.807) is 18.2 Å². The Bertz CT molecular complexity index is 598. The molecule has 1 aliphatic heterocycles. The Hall–Kier alpha value is -0.670. The molecule has 1 aromatic carbocycles. The van der Waals surface area contributed by atoms with E-state index in [4.69, 9.17) is 18.0 Å². The molecule has 0 aliphatic carbocycles. The molecule has 0 saturated carbocycles. The molecule has 116 valence electrons. The number of nitrogens with two attached hydrogens (primary N) is 1. The molecule has 1 aliphatic rings. The summed E-state index contributed by atoms with van der Waals surface area (Å²) in [6.45, 7) is 3.12. The summed E-state index contributed by atoms with van der Waals surface area (Å²) >= 11 is 6.84. The summed E-state index contributed by atoms with van der Waals surface area (Å²) in [6, 6.07) is 6.53. The highest BCUT2D eigenvalue weighted by Gasteiger charge is 2.19. The zero-order chi connectivity index (χ0) is 15.3. The van der Waals surface area contributed by atoms with Gasteiger partial charge in [-0.15, -0.1) is 0 Å². The van der Waals surface area contributed by atoms with Crippen molar-refractivity contribution >= 4 is 39.0 Å². The van der Waals surface area contributed by atoms with Crippen molar-refractivity contribution in [1.29, 1.82) is 0 Å². The second kappa shape index (κ2) is 7.55. The lowest BCUT2D eigenvalue weighted by Crippen LogP contribution is -2.39. The zero-order valence-corrected chi connectivity index (χ0v) is 14.1. The van der Waals surface area contributed by atoms with Crippen LogP contribution in [0.1, 0.15) is 5.56 Å². The van der Waals surface area contributed by atoms with E-state index in [1.165, 1.54) is 6.07 Å². The minimum atomic E-state index is -3.59. The van der Waals surface area contributed by atoms with Gasteiger partial charge >= 0.3 is 0 Å². The summed E-state index contributed by atoms with van der Waals surface area (Å²) < 4.78 is 27.3. The molecule has 0 atom stereocenters. The van der Waals surface area contributed by atoms with E-state index in [9.17, 15) is 8.42 Å². The van der Waals surface area contributed by atoms with Gasteiger partial charge in [0.1, 0.15) is 4.99 Å². The van der Waals surface area contributed by atoms with Crippen LogP contribution >= 0.6 is 24.0 Å². The predicted molar refractivity (Wildman–Crippen MR) is 91.3 cm³/mol. The van der Waals surface area contributed by atoms with Crippen LogP contribution < -0.4 is 10.5 Å². The quantitative estimate of drug-likeness (QED) is 0.737. The van der Waals surface area contributed by atoms with E-state index in [0.29, 0.717) is 12.1 Å². The molecule has 0 bridgehead atoms. The van der Waals surface area contributed by atoms with E-state index in [2.05, 4.69) is 9.62 Å². The molecule has 0 unspecified atom stereocenters. The minimum Gasteiger partial charge on any atom is -0.389 e. The lowest BCUT2D eigenvalue weighted by molar-refractivity contribution is 0.307. The molecule has 3 N–H and O–H groups in total. The fourth-order valence-electron chi connectivity index (χ4n) is 2.15. The number of thiocarbonyl (C=S) groups is 1. The van der Waals surface area contributed by atoms with Gasteiger partial charge in [0.15, 0.2) is 0 Å². The fourth-order valence-corrected chi connectivity index (χ4v) is 4.61. The molecule has 0 amide bonds. The average molecular weight is 346 g/mol. The number of benzene rings is 1. The molecule has 0 radical (unpaired) electrons. The van der Waals surface area contributed by atoms with Crippen molar-refractivity contribution in [1.82, 2.24) is 9.62 Å². The summed E-state index contributed by atoms with van der Waals surface area (Å²) in [7, 11) is -3.59. The monoisotopic (exact) mass is 345 g/mol. The van der Waals surface area contributed by atoms with Crippen LogP contribution in [0.25, 0.3) is 0 Å². The molecule has 2 rings (SSSR count). The van der Waals surface area contributed by atoms with E-state index >= 15 is 0 Å². The molecular weight excluding hydrogens is 326 g/mol. The van der Waals surface area contributed by atoms with E-state index in [-0.39, 0.29) is 9.88 Å². The standard InChI is InChI=1S/C13H19N3O2S3/c14-13(19)11-3-1-2-4-12(11)21(17,18)15-5-6-16-7-9-20-10-8-16/h1-4,15H,5-10H2,(H2,14,19). The topological polar surface area (TPSA) is 75.4 Å². The largest absolute Gasteiger partial charge is 0.389 e. The van der Waals surface area contributed by atoms with Crippen molar-refractivity contribution in [3.8, 4) is 0 Å². The SMILES string of the molecule is NC(=S)c1ccccc1S(=O)(=O)NCCN1CCSCC1. The Morgan fingerprint density at radius 3 is 2.67 bits per heavy atom. The van der Waals surface area contributed by atoms with Gasteiger partial charge in [-0.3, -0.25) is 0 Å². The number of thioether (sulfide) groups is 1. The Morgan fingerprint density at radius 2 is 2.00 bits per heavy atom. The van der Waals surface area contributed by atoms with Gasteiger partial charge in [0.25, 0.3) is 0 Å². The number of nitrogens with zero attached hydrogens (tertiary/aromatic N) is 1. The van der Waals surface area contributed by atoms with Gasteiger partial charge < -0.3 is 10.6 Å². The molecule has 0 spiro atoms. The Balaban J connectivity index is 2.00. The summed E-state index contributed by atoms with van der Waals surface area (Å²) in [5, 5.41) is 0. The molecule has 1 saturated heterocycles. The molecule has 0 aromatic heterocycles. The Kier molecular flexibility index (Phi) is 6.00. The molecule has 5 nitrogen and oxygen atoms in total. The first-order valence-corrected chi connectivity index (χ1v) is 9.74. The Labute approximate surface area is 135 Å². The van der Waals surface area contributed by atoms with E-state index in [1.807, 2.05) is 11.8 Å². The van der Waals surface area contributed by atoms with Crippen molar-refractivity contribution < 1.29 is 8.42 Å².